The molecule has 1 heterocycles. The molecule has 0 bridgehead atoms. The van der Waals surface area contributed by atoms with Crippen LogP contribution in [0.5, 0.6) is 0 Å². The van der Waals surface area contributed by atoms with Gasteiger partial charge in [0.05, 0.1) is 18.9 Å². The summed E-state index contributed by atoms with van der Waals surface area (Å²) in [7, 11) is 0. The largest absolute Gasteiger partial charge is 0.617 e. The van der Waals surface area contributed by atoms with E-state index in [-0.39, 0.29) is 11.5 Å². The summed E-state index contributed by atoms with van der Waals surface area (Å²) in [5.74, 6) is -1.15. The lowest BCUT2D eigenvalue weighted by Gasteiger charge is -1.97. The maximum absolute atomic E-state index is 10.7. The van der Waals surface area contributed by atoms with E-state index in [1.165, 1.54) is 6.92 Å². The number of cyclic esters (lactones) is 2. The minimum atomic E-state index is -0.611. The number of hydrogen-bond donors (Lipinski definition) is 0. The number of esters is 2. The summed E-state index contributed by atoms with van der Waals surface area (Å²) in [6.07, 6.45) is 3.29. The molecule has 0 aromatic rings. The molecule has 1 aliphatic heterocycles. The quantitative estimate of drug-likeness (QED) is 0.374. The van der Waals surface area contributed by atoms with Crippen LogP contribution in [0.15, 0.2) is 0 Å². The molecular formula is C8H12O5S2. The van der Waals surface area contributed by atoms with E-state index in [0.29, 0.717) is 0 Å². The van der Waals surface area contributed by atoms with Gasteiger partial charge in [0.25, 0.3) is 0 Å². The molecule has 1 saturated heterocycles. The Hall–Kier alpha value is -0.530. The SMILES string of the molecule is CC(=O)SC1CC(=O)OC1=O.C[S+](C)[O-]. The summed E-state index contributed by atoms with van der Waals surface area (Å²) in [6.45, 7) is 1.35. The average molecular weight is 252 g/mol. The van der Waals surface area contributed by atoms with Crippen LogP contribution in [0.2, 0.25) is 0 Å². The third-order valence-corrected chi connectivity index (χ3v) is 2.11. The standard InChI is InChI=1S/C6H6O4S.C2H6OS/c1-3(7)11-4-2-5(8)10-6(4)9;1-4(2)3/h4H,2H2,1H3;1-2H3. The van der Waals surface area contributed by atoms with Crippen LogP contribution < -0.4 is 0 Å². The Kier molecular flexibility index (Phi) is 6.62. The molecule has 1 atom stereocenters. The zero-order valence-corrected chi connectivity index (χ0v) is 10.3. The van der Waals surface area contributed by atoms with Gasteiger partial charge in [-0.3, -0.25) is 14.4 Å². The van der Waals surface area contributed by atoms with E-state index < -0.39 is 28.4 Å². The van der Waals surface area contributed by atoms with Crippen molar-refractivity contribution in [1.82, 2.24) is 0 Å². The van der Waals surface area contributed by atoms with Crippen molar-refractivity contribution in [3.63, 3.8) is 0 Å². The van der Waals surface area contributed by atoms with Crippen molar-refractivity contribution >= 4 is 40.0 Å². The normalized spacial score (nSPS) is 19.7. The van der Waals surface area contributed by atoms with Crippen molar-refractivity contribution in [3.05, 3.63) is 0 Å². The molecule has 1 aliphatic rings. The lowest BCUT2D eigenvalue weighted by atomic mass is 10.4. The number of carbonyl (C=O) groups is 3. The summed E-state index contributed by atoms with van der Waals surface area (Å²) < 4.78 is 13.8. The van der Waals surface area contributed by atoms with Crippen LogP contribution in [-0.4, -0.2) is 39.4 Å². The highest BCUT2D eigenvalue weighted by Crippen LogP contribution is 2.22. The molecule has 7 heteroatoms. The smallest absolute Gasteiger partial charge is 0.327 e. The van der Waals surface area contributed by atoms with Crippen LogP contribution >= 0.6 is 11.8 Å². The first-order valence-electron chi connectivity index (χ1n) is 3.99. The summed E-state index contributed by atoms with van der Waals surface area (Å²) in [6, 6.07) is 0. The van der Waals surface area contributed by atoms with Crippen LogP contribution in [-0.2, 0) is 30.3 Å². The Morgan fingerprint density at radius 3 is 2.27 bits per heavy atom. The molecule has 0 radical (unpaired) electrons. The molecule has 1 fully saturated rings. The van der Waals surface area contributed by atoms with Crippen LogP contribution in [0.4, 0.5) is 0 Å². The first-order chi connectivity index (χ1) is 6.82. The number of rotatable bonds is 1. The molecule has 0 spiro atoms. The van der Waals surface area contributed by atoms with E-state index in [9.17, 15) is 18.9 Å². The predicted octanol–water partition coefficient (Wildman–Crippen LogP) is 0.103. The maximum Gasteiger partial charge on any atom is 0.327 e. The zero-order valence-electron chi connectivity index (χ0n) is 8.64. The molecule has 0 N–H and O–H groups in total. The van der Waals surface area contributed by atoms with Crippen LogP contribution in [0.1, 0.15) is 13.3 Å². The molecule has 15 heavy (non-hydrogen) atoms. The number of thioether (sulfide) groups is 1. The highest BCUT2D eigenvalue weighted by Gasteiger charge is 2.34. The van der Waals surface area contributed by atoms with Gasteiger partial charge in [-0.2, -0.15) is 0 Å². The number of carbonyl (C=O) groups excluding carboxylic acids is 3. The Morgan fingerprint density at radius 1 is 1.53 bits per heavy atom. The second-order valence-electron chi connectivity index (χ2n) is 2.84. The van der Waals surface area contributed by atoms with E-state index in [2.05, 4.69) is 4.74 Å². The third-order valence-electron chi connectivity index (χ3n) is 1.14. The number of hydrogen-bond acceptors (Lipinski definition) is 6. The lowest BCUT2D eigenvalue weighted by Crippen LogP contribution is -2.11. The molecule has 0 aliphatic carbocycles. The minimum Gasteiger partial charge on any atom is -0.617 e. The highest BCUT2D eigenvalue weighted by molar-refractivity contribution is 8.14. The van der Waals surface area contributed by atoms with Gasteiger partial charge in [-0.25, -0.2) is 0 Å². The molecular weight excluding hydrogens is 240 g/mol. The van der Waals surface area contributed by atoms with Gasteiger partial charge in [0.2, 0.25) is 0 Å². The first kappa shape index (κ1) is 14.5. The molecule has 0 aromatic carbocycles. The molecule has 0 saturated carbocycles. The Morgan fingerprint density at radius 2 is 2.00 bits per heavy atom. The molecule has 0 amide bonds. The van der Waals surface area contributed by atoms with Gasteiger partial charge in [-0.1, -0.05) is 22.9 Å². The molecule has 5 nitrogen and oxygen atoms in total. The van der Waals surface area contributed by atoms with Crippen molar-refractivity contribution in [2.45, 2.75) is 18.6 Å². The molecule has 1 rings (SSSR count). The number of ether oxygens (including phenoxy) is 1. The van der Waals surface area contributed by atoms with Gasteiger partial charge < -0.3 is 9.29 Å². The van der Waals surface area contributed by atoms with Gasteiger partial charge in [-0.05, 0) is 0 Å². The van der Waals surface area contributed by atoms with E-state index >= 15 is 0 Å². The monoisotopic (exact) mass is 252 g/mol. The van der Waals surface area contributed by atoms with E-state index in [4.69, 9.17) is 0 Å². The summed E-state index contributed by atoms with van der Waals surface area (Å²) >= 11 is 0.229. The van der Waals surface area contributed by atoms with Gasteiger partial charge in [0.1, 0.15) is 5.25 Å². The summed E-state index contributed by atoms with van der Waals surface area (Å²) in [5.41, 5.74) is 0. The fourth-order valence-corrected chi connectivity index (χ4v) is 1.51. The van der Waals surface area contributed by atoms with Crippen molar-refractivity contribution in [2.75, 3.05) is 12.5 Å². The summed E-state index contributed by atoms with van der Waals surface area (Å²) in [5, 5.41) is -0.790. The van der Waals surface area contributed by atoms with Crippen molar-refractivity contribution in [1.29, 1.82) is 0 Å². The predicted molar refractivity (Wildman–Crippen MR) is 57.8 cm³/mol. The van der Waals surface area contributed by atoms with Gasteiger partial charge in [0, 0.05) is 6.92 Å². The highest BCUT2D eigenvalue weighted by atomic mass is 32.2. The molecule has 0 aromatic heterocycles. The molecule has 86 valence electrons. The van der Waals surface area contributed by atoms with Gasteiger partial charge in [0.15, 0.2) is 5.12 Å². The van der Waals surface area contributed by atoms with Crippen LogP contribution in [0.3, 0.4) is 0 Å². The fraction of sp³-hybridized carbons (Fsp3) is 0.625. The Balaban J connectivity index is 0.000000423. The van der Waals surface area contributed by atoms with Gasteiger partial charge >= 0.3 is 11.9 Å². The van der Waals surface area contributed by atoms with Crippen molar-refractivity contribution in [3.8, 4) is 0 Å². The maximum atomic E-state index is 10.7. The minimum absolute atomic E-state index is 0.0169. The zero-order chi connectivity index (χ0) is 12.0. The van der Waals surface area contributed by atoms with E-state index in [1.54, 1.807) is 12.5 Å². The van der Waals surface area contributed by atoms with Crippen LogP contribution in [0, 0.1) is 0 Å². The lowest BCUT2D eigenvalue weighted by molar-refractivity contribution is -0.151. The van der Waals surface area contributed by atoms with Crippen molar-refractivity contribution < 1.29 is 23.7 Å². The topological polar surface area (TPSA) is 83.5 Å². The van der Waals surface area contributed by atoms with Crippen LogP contribution in [0.25, 0.3) is 0 Å². The van der Waals surface area contributed by atoms with Gasteiger partial charge in [-0.15, -0.1) is 0 Å². The van der Waals surface area contributed by atoms with Crippen molar-refractivity contribution in [2.24, 2.45) is 0 Å². The summed E-state index contributed by atoms with van der Waals surface area (Å²) in [4.78, 5) is 31.7. The van der Waals surface area contributed by atoms with E-state index in [0.717, 1.165) is 11.8 Å². The molecule has 1 unspecified atom stereocenters. The van der Waals surface area contributed by atoms with E-state index in [1.807, 2.05) is 0 Å². The second kappa shape index (κ2) is 6.86. The average Bonchev–Trinajstić information content (AvgIpc) is 2.27. The Bertz CT molecular complexity index is 261. The fourth-order valence-electron chi connectivity index (χ4n) is 0.744. The first-order valence-corrected chi connectivity index (χ1v) is 6.84. The Labute approximate surface area is 95.1 Å². The third kappa shape index (κ3) is 7.40. The second-order valence-corrected chi connectivity index (χ2v) is 5.70.